The van der Waals surface area contributed by atoms with Crippen LogP contribution in [0.3, 0.4) is 0 Å². The molecule has 0 saturated carbocycles. The van der Waals surface area contributed by atoms with E-state index < -0.39 is 0 Å². The van der Waals surface area contributed by atoms with Gasteiger partial charge in [-0.2, -0.15) is 5.26 Å². The van der Waals surface area contributed by atoms with Gasteiger partial charge in [-0.15, -0.1) is 0 Å². The van der Waals surface area contributed by atoms with Crippen LogP contribution in [0.5, 0.6) is 0 Å². The number of rotatable bonds is 4. The molecule has 0 aliphatic heterocycles. The second-order valence-electron chi connectivity index (χ2n) is 7.42. The first-order chi connectivity index (χ1) is 16.2. The minimum absolute atomic E-state index is 0.482. The van der Waals surface area contributed by atoms with E-state index in [2.05, 4.69) is 35.3 Å². The summed E-state index contributed by atoms with van der Waals surface area (Å²) in [6, 6.07) is 35.2. The Hall–Kier alpha value is -4.33. The van der Waals surface area contributed by atoms with Crippen molar-refractivity contribution in [3.63, 3.8) is 0 Å². The number of nitriles is 1. The van der Waals surface area contributed by atoms with Crippen LogP contribution in [0.2, 0.25) is 5.02 Å². The van der Waals surface area contributed by atoms with Gasteiger partial charge >= 0.3 is 0 Å². The van der Waals surface area contributed by atoms with Crippen molar-refractivity contribution in [2.24, 2.45) is 0 Å². The monoisotopic (exact) mass is 444 g/mol. The second kappa shape index (κ2) is 9.04. The molecule has 4 aromatic carbocycles. The molecule has 156 valence electrons. The molecule has 0 saturated heterocycles. The maximum Gasteiger partial charge on any atom is 0.165 e. The Morgan fingerprint density at radius 1 is 0.545 bits per heavy atom. The first-order valence-electron chi connectivity index (χ1n) is 10.4. The molecule has 0 amide bonds. The molecule has 0 N–H and O–H groups in total. The fourth-order valence-corrected chi connectivity index (χ4v) is 3.79. The molecule has 0 spiro atoms. The zero-order valence-corrected chi connectivity index (χ0v) is 18.2. The van der Waals surface area contributed by atoms with Crippen LogP contribution in [-0.4, -0.2) is 15.0 Å². The summed E-state index contributed by atoms with van der Waals surface area (Å²) >= 11 is 6.45. The summed E-state index contributed by atoms with van der Waals surface area (Å²) in [6.45, 7) is 0. The summed E-state index contributed by atoms with van der Waals surface area (Å²) in [5.41, 5.74) is 5.13. The Morgan fingerprint density at radius 2 is 1.12 bits per heavy atom. The van der Waals surface area contributed by atoms with Crippen LogP contribution in [0.25, 0.3) is 45.3 Å². The SMILES string of the molecule is N#Cc1cccc(-c2nc(-c3ccc(-c4ccccc4)cc3)nc(-c3ccccc3Cl)n2)c1. The highest BCUT2D eigenvalue weighted by Gasteiger charge is 2.14. The Kier molecular flexibility index (Phi) is 5.63. The largest absolute Gasteiger partial charge is 0.208 e. The average molecular weight is 445 g/mol. The predicted molar refractivity (Wildman–Crippen MR) is 131 cm³/mol. The standard InChI is InChI=1S/C28H17ClN4/c29-25-12-5-4-11-24(25)28-32-26(31-27(33-28)23-10-6-7-19(17-23)18-30)22-15-13-21(14-16-22)20-8-2-1-3-9-20/h1-17H. The van der Waals surface area contributed by atoms with E-state index in [4.69, 9.17) is 21.6 Å². The third-order valence-corrected chi connectivity index (χ3v) is 5.58. The van der Waals surface area contributed by atoms with Gasteiger partial charge in [-0.25, -0.2) is 15.0 Å². The Morgan fingerprint density at radius 3 is 1.85 bits per heavy atom. The van der Waals surface area contributed by atoms with E-state index in [1.165, 1.54) is 0 Å². The Labute approximate surface area is 196 Å². The first-order valence-corrected chi connectivity index (χ1v) is 10.8. The fourth-order valence-electron chi connectivity index (χ4n) is 3.57. The predicted octanol–water partition coefficient (Wildman–Crippen LogP) is 7.06. The van der Waals surface area contributed by atoms with Gasteiger partial charge in [-0.1, -0.05) is 90.5 Å². The van der Waals surface area contributed by atoms with Crippen molar-refractivity contribution in [1.29, 1.82) is 5.26 Å². The van der Waals surface area contributed by atoms with Gasteiger partial charge in [0.2, 0.25) is 0 Å². The van der Waals surface area contributed by atoms with Gasteiger partial charge in [0.15, 0.2) is 17.5 Å². The topological polar surface area (TPSA) is 62.5 Å². The van der Waals surface area contributed by atoms with E-state index in [0.717, 1.165) is 27.8 Å². The maximum absolute atomic E-state index is 9.31. The van der Waals surface area contributed by atoms with Gasteiger partial charge in [0, 0.05) is 16.7 Å². The molecule has 0 aliphatic carbocycles. The Balaban J connectivity index is 1.64. The highest BCUT2D eigenvalue weighted by Crippen LogP contribution is 2.30. The molecule has 0 atom stereocenters. The number of nitrogens with zero attached hydrogens (tertiary/aromatic N) is 4. The van der Waals surface area contributed by atoms with Crippen LogP contribution in [0, 0.1) is 11.3 Å². The minimum atomic E-state index is 0.482. The van der Waals surface area contributed by atoms with Crippen molar-refractivity contribution in [2.45, 2.75) is 0 Å². The van der Waals surface area contributed by atoms with Crippen LogP contribution in [0.1, 0.15) is 5.56 Å². The lowest BCUT2D eigenvalue weighted by molar-refractivity contribution is 1.07. The van der Waals surface area contributed by atoms with Gasteiger partial charge in [0.05, 0.1) is 16.7 Å². The highest BCUT2D eigenvalue weighted by molar-refractivity contribution is 6.33. The molecule has 4 nitrogen and oxygen atoms in total. The lowest BCUT2D eigenvalue weighted by Gasteiger charge is -2.10. The van der Waals surface area contributed by atoms with E-state index in [0.29, 0.717) is 28.1 Å². The third kappa shape index (κ3) is 4.36. The summed E-state index contributed by atoms with van der Waals surface area (Å²) < 4.78 is 0. The third-order valence-electron chi connectivity index (χ3n) is 5.25. The number of benzene rings is 4. The van der Waals surface area contributed by atoms with Crippen LogP contribution < -0.4 is 0 Å². The smallest absolute Gasteiger partial charge is 0.165 e. The zero-order valence-electron chi connectivity index (χ0n) is 17.5. The molecule has 0 unspecified atom stereocenters. The van der Waals surface area contributed by atoms with Crippen molar-refractivity contribution >= 4 is 11.6 Å². The maximum atomic E-state index is 9.31. The number of aromatic nitrogens is 3. The van der Waals surface area contributed by atoms with Gasteiger partial charge in [0.25, 0.3) is 0 Å². The summed E-state index contributed by atoms with van der Waals surface area (Å²) in [7, 11) is 0. The van der Waals surface area contributed by atoms with Gasteiger partial charge in [-0.05, 0) is 35.4 Å². The molecular formula is C28H17ClN4. The molecule has 0 fully saturated rings. The Bertz CT molecular complexity index is 1470. The molecule has 33 heavy (non-hydrogen) atoms. The van der Waals surface area contributed by atoms with Crippen molar-refractivity contribution in [1.82, 2.24) is 15.0 Å². The zero-order chi connectivity index (χ0) is 22.6. The van der Waals surface area contributed by atoms with Crippen molar-refractivity contribution < 1.29 is 0 Å². The molecule has 5 aromatic rings. The summed E-state index contributed by atoms with van der Waals surface area (Å²) in [5, 5.41) is 9.87. The lowest BCUT2D eigenvalue weighted by atomic mass is 10.0. The van der Waals surface area contributed by atoms with Crippen LogP contribution in [-0.2, 0) is 0 Å². The van der Waals surface area contributed by atoms with Gasteiger partial charge < -0.3 is 0 Å². The van der Waals surface area contributed by atoms with Crippen LogP contribution in [0.15, 0.2) is 103 Å². The molecule has 0 radical (unpaired) electrons. The van der Waals surface area contributed by atoms with Crippen LogP contribution in [0.4, 0.5) is 0 Å². The lowest BCUT2D eigenvalue weighted by Crippen LogP contribution is -2.00. The van der Waals surface area contributed by atoms with Crippen molar-refractivity contribution in [3.8, 4) is 51.4 Å². The van der Waals surface area contributed by atoms with E-state index in [1.54, 1.807) is 12.1 Å². The summed E-state index contributed by atoms with van der Waals surface area (Å²) in [4.78, 5) is 14.2. The normalized spacial score (nSPS) is 10.5. The molecule has 5 rings (SSSR count). The van der Waals surface area contributed by atoms with E-state index in [-0.39, 0.29) is 0 Å². The second-order valence-corrected chi connectivity index (χ2v) is 7.83. The minimum Gasteiger partial charge on any atom is -0.208 e. The summed E-state index contributed by atoms with van der Waals surface area (Å²) in [5.74, 6) is 1.51. The molecule has 0 aliphatic rings. The molecule has 1 heterocycles. The van der Waals surface area contributed by atoms with E-state index in [9.17, 15) is 5.26 Å². The van der Waals surface area contributed by atoms with Crippen LogP contribution >= 0.6 is 11.6 Å². The van der Waals surface area contributed by atoms with E-state index >= 15 is 0 Å². The number of hydrogen-bond acceptors (Lipinski definition) is 4. The number of hydrogen-bond donors (Lipinski definition) is 0. The fraction of sp³-hybridized carbons (Fsp3) is 0. The number of halogens is 1. The molecule has 5 heteroatoms. The van der Waals surface area contributed by atoms with Gasteiger partial charge in [-0.3, -0.25) is 0 Å². The molecule has 0 bridgehead atoms. The van der Waals surface area contributed by atoms with Gasteiger partial charge in [0.1, 0.15) is 0 Å². The highest BCUT2D eigenvalue weighted by atomic mass is 35.5. The molecular weight excluding hydrogens is 428 g/mol. The first kappa shape index (κ1) is 20.6. The molecule has 1 aromatic heterocycles. The van der Waals surface area contributed by atoms with Crippen molar-refractivity contribution in [3.05, 3.63) is 114 Å². The van der Waals surface area contributed by atoms with E-state index in [1.807, 2.05) is 66.7 Å². The van der Waals surface area contributed by atoms with Crippen molar-refractivity contribution in [2.75, 3.05) is 0 Å². The average Bonchev–Trinajstić information content (AvgIpc) is 2.89. The summed E-state index contributed by atoms with van der Waals surface area (Å²) in [6.07, 6.45) is 0. The quantitative estimate of drug-likeness (QED) is 0.297.